The van der Waals surface area contributed by atoms with Gasteiger partial charge in [-0.3, -0.25) is 0 Å². The Morgan fingerprint density at radius 2 is 2.11 bits per heavy atom. The Hall–Kier alpha value is -0.810. The highest BCUT2D eigenvalue weighted by atomic mass is 16.5. The standard InChI is InChI=1S/C13H25N3O2/c1-10-3-4-11(18-10)9-16-7-5-13(2,6-8-16)12(14)15-17/h10-11,17H,3-9H2,1-2H3,(H2,14,15). The van der Waals surface area contributed by atoms with Crippen LogP contribution in [0.1, 0.15) is 39.5 Å². The predicted octanol–water partition coefficient (Wildman–Crippen LogP) is 1.40. The molecule has 18 heavy (non-hydrogen) atoms. The average molecular weight is 255 g/mol. The van der Waals surface area contributed by atoms with Gasteiger partial charge in [0.1, 0.15) is 5.84 Å². The van der Waals surface area contributed by atoms with E-state index in [1.54, 1.807) is 0 Å². The summed E-state index contributed by atoms with van der Waals surface area (Å²) >= 11 is 0. The van der Waals surface area contributed by atoms with Gasteiger partial charge in [-0.25, -0.2) is 0 Å². The van der Waals surface area contributed by atoms with Gasteiger partial charge < -0.3 is 20.6 Å². The molecular formula is C13H25N3O2. The highest BCUT2D eigenvalue weighted by molar-refractivity contribution is 5.85. The van der Waals surface area contributed by atoms with E-state index >= 15 is 0 Å². The van der Waals surface area contributed by atoms with E-state index < -0.39 is 0 Å². The smallest absolute Gasteiger partial charge is 0.145 e. The zero-order valence-corrected chi connectivity index (χ0v) is 11.4. The lowest BCUT2D eigenvalue weighted by atomic mass is 9.79. The molecule has 0 aromatic heterocycles. The van der Waals surface area contributed by atoms with E-state index in [1.165, 1.54) is 12.8 Å². The first-order chi connectivity index (χ1) is 8.53. The van der Waals surface area contributed by atoms with Crippen molar-refractivity contribution < 1.29 is 9.94 Å². The number of ether oxygens (including phenoxy) is 1. The molecule has 2 unspecified atom stereocenters. The highest BCUT2D eigenvalue weighted by Gasteiger charge is 2.35. The number of hydrogen-bond donors (Lipinski definition) is 2. The van der Waals surface area contributed by atoms with Crippen molar-refractivity contribution in [1.82, 2.24) is 4.90 Å². The quantitative estimate of drug-likeness (QED) is 0.346. The second-order valence-corrected chi connectivity index (χ2v) is 5.99. The molecule has 5 nitrogen and oxygen atoms in total. The fourth-order valence-electron chi connectivity index (χ4n) is 2.91. The van der Waals surface area contributed by atoms with Gasteiger partial charge in [0.25, 0.3) is 0 Å². The van der Waals surface area contributed by atoms with Gasteiger partial charge in [0.2, 0.25) is 0 Å². The predicted molar refractivity (Wildman–Crippen MR) is 70.8 cm³/mol. The third kappa shape index (κ3) is 2.95. The second kappa shape index (κ2) is 5.45. The number of nitrogens with two attached hydrogens (primary N) is 1. The molecule has 0 aliphatic carbocycles. The monoisotopic (exact) mass is 255 g/mol. The third-order valence-electron chi connectivity index (χ3n) is 4.47. The molecular weight excluding hydrogens is 230 g/mol. The SMILES string of the molecule is CC1CCC(CN2CCC(C)(C(N)=NO)CC2)O1. The molecule has 2 saturated heterocycles. The normalized spacial score (nSPS) is 33.8. The maximum atomic E-state index is 8.81. The van der Waals surface area contributed by atoms with Crippen LogP contribution in [0.5, 0.6) is 0 Å². The van der Waals surface area contributed by atoms with Gasteiger partial charge in [0.15, 0.2) is 0 Å². The van der Waals surface area contributed by atoms with Crippen LogP contribution in [0.25, 0.3) is 0 Å². The number of piperidine rings is 1. The van der Waals surface area contributed by atoms with Crippen molar-refractivity contribution in [2.75, 3.05) is 19.6 Å². The minimum absolute atomic E-state index is 0.144. The van der Waals surface area contributed by atoms with Crippen LogP contribution in [0.3, 0.4) is 0 Å². The first-order valence-electron chi connectivity index (χ1n) is 6.89. The summed E-state index contributed by atoms with van der Waals surface area (Å²) in [5.74, 6) is 0.368. The number of hydrogen-bond acceptors (Lipinski definition) is 4. The zero-order valence-electron chi connectivity index (χ0n) is 11.4. The van der Waals surface area contributed by atoms with Crippen LogP contribution >= 0.6 is 0 Å². The maximum Gasteiger partial charge on any atom is 0.145 e. The molecule has 2 heterocycles. The molecule has 2 atom stereocenters. The molecule has 2 aliphatic heterocycles. The van der Waals surface area contributed by atoms with Gasteiger partial charge in [0, 0.05) is 12.0 Å². The van der Waals surface area contributed by atoms with E-state index in [4.69, 9.17) is 15.7 Å². The van der Waals surface area contributed by atoms with Crippen LogP contribution in [0.2, 0.25) is 0 Å². The van der Waals surface area contributed by atoms with Crippen LogP contribution < -0.4 is 5.73 Å². The van der Waals surface area contributed by atoms with Crippen molar-refractivity contribution in [2.45, 2.75) is 51.7 Å². The number of nitrogens with zero attached hydrogens (tertiary/aromatic N) is 2. The summed E-state index contributed by atoms with van der Waals surface area (Å²) in [6, 6.07) is 0. The Kier molecular flexibility index (Phi) is 4.12. The Balaban J connectivity index is 1.80. The summed E-state index contributed by atoms with van der Waals surface area (Å²) in [5, 5.41) is 12.0. The first-order valence-corrected chi connectivity index (χ1v) is 6.89. The van der Waals surface area contributed by atoms with E-state index in [1.807, 2.05) is 0 Å². The molecule has 3 N–H and O–H groups in total. The lowest BCUT2D eigenvalue weighted by molar-refractivity contribution is 0.0214. The van der Waals surface area contributed by atoms with E-state index in [0.29, 0.717) is 18.0 Å². The fraction of sp³-hybridized carbons (Fsp3) is 0.923. The van der Waals surface area contributed by atoms with Gasteiger partial charge in [-0.15, -0.1) is 0 Å². The van der Waals surface area contributed by atoms with Gasteiger partial charge in [-0.1, -0.05) is 12.1 Å². The lowest BCUT2D eigenvalue weighted by Gasteiger charge is -2.39. The van der Waals surface area contributed by atoms with Crippen molar-refractivity contribution >= 4 is 5.84 Å². The van der Waals surface area contributed by atoms with E-state index in [2.05, 4.69) is 23.9 Å². The summed E-state index contributed by atoms with van der Waals surface area (Å²) in [4.78, 5) is 2.44. The molecule has 0 amide bonds. The molecule has 0 saturated carbocycles. The van der Waals surface area contributed by atoms with Gasteiger partial charge >= 0.3 is 0 Å². The topological polar surface area (TPSA) is 71.1 Å². The van der Waals surface area contributed by atoms with Crippen LogP contribution in [-0.2, 0) is 4.74 Å². The van der Waals surface area contributed by atoms with Crippen molar-refractivity contribution in [3.63, 3.8) is 0 Å². The molecule has 0 aromatic rings. The number of likely N-dealkylation sites (tertiary alicyclic amines) is 1. The Morgan fingerprint density at radius 3 is 2.61 bits per heavy atom. The molecule has 104 valence electrons. The third-order valence-corrected chi connectivity index (χ3v) is 4.47. The Morgan fingerprint density at radius 1 is 1.44 bits per heavy atom. The van der Waals surface area contributed by atoms with Crippen molar-refractivity contribution in [3.05, 3.63) is 0 Å². The average Bonchev–Trinajstić information content (AvgIpc) is 2.77. The maximum absolute atomic E-state index is 8.81. The lowest BCUT2D eigenvalue weighted by Crippen LogP contribution is -2.47. The van der Waals surface area contributed by atoms with E-state index in [9.17, 15) is 0 Å². The molecule has 0 bridgehead atoms. The molecule has 0 aromatic carbocycles. The minimum Gasteiger partial charge on any atom is -0.409 e. The minimum atomic E-state index is -0.144. The Bertz CT molecular complexity index is 311. The van der Waals surface area contributed by atoms with Crippen molar-refractivity contribution in [2.24, 2.45) is 16.3 Å². The summed E-state index contributed by atoms with van der Waals surface area (Å²) < 4.78 is 5.85. The summed E-state index contributed by atoms with van der Waals surface area (Å²) in [5.41, 5.74) is 5.62. The Labute approximate surface area is 109 Å². The fourth-order valence-corrected chi connectivity index (χ4v) is 2.91. The number of oxime groups is 1. The number of rotatable bonds is 3. The zero-order chi connectivity index (χ0) is 13.2. The highest BCUT2D eigenvalue weighted by Crippen LogP contribution is 2.31. The van der Waals surface area contributed by atoms with Gasteiger partial charge in [-0.2, -0.15) is 0 Å². The second-order valence-electron chi connectivity index (χ2n) is 5.99. The van der Waals surface area contributed by atoms with Crippen molar-refractivity contribution in [3.8, 4) is 0 Å². The molecule has 5 heteroatoms. The summed E-state index contributed by atoms with van der Waals surface area (Å²) in [7, 11) is 0. The molecule has 0 radical (unpaired) electrons. The van der Waals surface area contributed by atoms with E-state index in [0.717, 1.165) is 32.5 Å². The summed E-state index contributed by atoms with van der Waals surface area (Å²) in [6.45, 7) is 7.25. The summed E-state index contributed by atoms with van der Waals surface area (Å²) in [6.07, 6.45) is 5.07. The van der Waals surface area contributed by atoms with Crippen LogP contribution in [0.15, 0.2) is 5.16 Å². The van der Waals surface area contributed by atoms with Gasteiger partial charge in [0.05, 0.1) is 12.2 Å². The molecule has 2 aliphatic rings. The molecule has 0 spiro atoms. The van der Waals surface area contributed by atoms with Crippen LogP contribution in [0, 0.1) is 5.41 Å². The number of amidine groups is 1. The van der Waals surface area contributed by atoms with E-state index in [-0.39, 0.29) is 5.41 Å². The molecule has 2 fully saturated rings. The van der Waals surface area contributed by atoms with Crippen LogP contribution in [0.4, 0.5) is 0 Å². The first kappa shape index (κ1) is 13.6. The van der Waals surface area contributed by atoms with Crippen molar-refractivity contribution in [1.29, 1.82) is 0 Å². The van der Waals surface area contributed by atoms with Crippen LogP contribution in [-0.4, -0.2) is 47.8 Å². The van der Waals surface area contributed by atoms with Gasteiger partial charge in [-0.05, 0) is 45.7 Å². The largest absolute Gasteiger partial charge is 0.409 e. The molecule has 2 rings (SSSR count).